The van der Waals surface area contributed by atoms with E-state index < -0.39 is 18.1 Å². The van der Waals surface area contributed by atoms with Gasteiger partial charge in [0.05, 0.1) is 19.3 Å². The Morgan fingerprint density at radius 3 is 2.89 bits per heavy atom. The molecule has 18 heavy (non-hydrogen) atoms. The molecule has 0 aromatic heterocycles. The average Bonchev–Trinajstić information content (AvgIpc) is 2.84. The Morgan fingerprint density at radius 2 is 2.28 bits per heavy atom. The highest BCUT2D eigenvalue weighted by atomic mass is 16.5. The molecule has 0 aliphatic carbocycles. The van der Waals surface area contributed by atoms with Crippen LogP contribution in [0.5, 0.6) is 0 Å². The molecule has 2 N–H and O–H groups in total. The first-order valence-electron chi connectivity index (χ1n) is 5.92. The molecule has 0 unspecified atom stereocenters. The molecule has 3 atom stereocenters. The van der Waals surface area contributed by atoms with Crippen molar-refractivity contribution in [2.75, 3.05) is 19.8 Å². The molecule has 0 aromatic rings. The van der Waals surface area contributed by atoms with Crippen LogP contribution in [0.4, 0.5) is 0 Å². The van der Waals surface area contributed by atoms with E-state index in [4.69, 9.17) is 9.84 Å². The van der Waals surface area contributed by atoms with Gasteiger partial charge in [-0.2, -0.15) is 0 Å². The van der Waals surface area contributed by atoms with Crippen LogP contribution in [0.15, 0.2) is 12.7 Å². The first-order valence-corrected chi connectivity index (χ1v) is 5.92. The second kappa shape index (κ2) is 7.25. The quantitative estimate of drug-likeness (QED) is 0.351. The maximum absolute atomic E-state index is 11.9. The van der Waals surface area contributed by atoms with Gasteiger partial charge in [0.15, 0.2) is 12.4 Å². The van der Waals surface area contributed by atoms with Crippen molar-refractivity contribution in [2.24, 2.45) is 0 Å². The molecule has 0 spiro atoms. The fraction of sp³-hybridized carbons (Fsp3) is 0.667. The Kier molecular flexibility index (Phi) is 5.97. The van der Waals surface area contributed by atoms with Crippen LogP contribution in [-0.2, 0) is 14.3 Å². The van der Waals surface area contributed by atoms with Crippen molar-refractivity contribution in [1.82, 2.24) is 4.90 Å². The largest absolute Gasteiger partial charge is 0.382 e. The molecule has 1 rings (SSSR count). The summed E-state index contributed by atoms with van der Waals surface area (Å²) in [7, 11) is 0. The molecule has 1 amide bonds. The zero-order valence-electron chi connectivity index (χ0n) is 10.2. The minimum atomic E-state index is -1.69. The van der Waals surface area contributed by atoms with Crippen molar-refractivity contribution in [3.05, 3.63) is 12.7 Å². The zero-order valence-corrected chi connectivity index (χ0v) is 10.2. The second-order valence-corrected chi connectivity index (χ2v) is 4.23. The monoisotopic (exact) mass is 257 g/mol. The predicted octanol–water partition coefficient (Wildman–Crippen LogP) is -0.899. The molecule has 102 valence electrons. The number of aldehydes is 1. The van der Waals surface area contributed by atoms with Crippen molar-refractivity contribution in [3.8, 4) is 0 Å². The summed E-state index contributed by atoms with van der Waals surface area (Å²) in [5.41, 5.74) is 0. The highest BCUT2D eigenvalue weighted by Gasteiger charge is 2.35. The first kappa shape index (κ1) is 14.8. The van der Waals surface area contributed by atoms with Gasteiger partial charge in [-0.25, -0.2) is 0 Å². The number of hydrogen-bond acceptors (Lipinski definition) is 5. The van der Waals surface area contributed by atoms with Crippen LogP contribution in [0.1, 0.15) is 12.8 Å². The van der Waals surface area contributed by atoms with Gasteiger partial charge in [0.1, 0.15) is 6.10 Å². The van der Waals surface area contributed by atoms with Crippen molar-refractivity contribution in [3.63, 3.8) is 0 Å². The molecule has 1 heterocycles. The van der Waals surface area contributed by atoms with Crippen LogP contribution >= 0.6 is 0 Å². The smallest absolute Gasteiger partial charge is 0.254 e. The molecule has 6 heteroatoms. The van der Waals surface area contributed by atoms with Crippen LogP contribution in [0.25, 0.3) is 0 Å². The van der Waals surface area contributed by atoms with Gasteiger partial charge in [-0.3, -0.25) is 4.79 Å². The minimum Gasteiger partial charge on any atom is -0.382 e. The van der Waals surface area contributed by atoms with E-state index in [1.807, 2.05) is 0 Å². The molecule has 1 aliphatic heterocycles. The maximum Gasteiger partial charge on any atom is 0.254 e. The Labute approximate surface area is 106 Å². The van der Waals surface area contributed by atoms with E-state index in [1.165, 1.54) is 4.90 Å². The van der Waals surface area contributed by atoms with Crippen molar-refractivity contribution >= 4 is 12.2 Å². The van der Waals surface area contributed by atoms with Crippen molar-refractivity contribution in [1.29, 1.82) is 0 Å². The number of hydrogen-bond donors (Lipinski definition) is 2. The van der Waals surface area contributed by atoms with Crippen molar-refractivity contribution < 1.29 is 24.5 Å². The normalized spacial score (nSPS) is 22.6. The third-order valence-corrected chi connectivity index (χ3v) is 2.92. The Balaban J connectivity index is 2.54. The Hall–Kier alpha value is -1.24. The lowest BCUT2D eigenvalue weighted by molar-refractivity contribution is -0.150. The fourth-order valence-corrected chi connectivity index (χ4v) is 1.98. The summed E-state index contributed by atoms with van der Waals surface area (Å²) in [4.78, 5) is 23.7. The molecule has 6 nitrogen and oxygen atoms in total. The summed E-state index contributed by atoms with van der Waals surface area (Å²) in [5, 5.41) is 18.7. The summed E-state index contributed by atoms with van der Waals surface area (Å²) in [5.74, 6) is -0.626. The Morgan fingerprint density at radius 1 is 1.56 bits per heavy atom. The topological polar surface area (TPSA) is 87.1 Å². The molecule has 0 bridgehead atoms. The molecular weight excluding hydrogens is 238 g/mol. The summed E-state index contributed by atoms with van der Waals surface area (Å²) in [6, 6.07) is -0.119. The number of carbonyl (C=O) groups is 2. The lowest BCUT2D eigenvalue weighted by atomic mass is 10.1. The molecule has 1 aliphatic rings. The van der Waals surface area contributed by atoms with E-state index in [-0.39, 0.29) is 12.3 Å². The lowest BCUT2D eigenvalue weighted by Gasteiger charge is -2.27. The molecular formula is C12H19NO5. The third kappa shape index (κ3) is 3.63. The van der Waals surface area contributed by atoms with Gasteiger partial charge in [-0.05, 0) is 12.8 Å². The van der Waals surface area contributed by atoms with Gasteiger partial charge in [0.25, 0.3) is 5.91 Å². The van der Waals surface area contributed by atoms with Gasteiger partial charge in [-0.1, -0.05) is 6.08 Å². The third-order valence-electron chi connectivity index (χ3n) is 2.92. The summed E-state index contributed by atoms with van der Waals surface area (Å²) in [6.45, 7) is 4.79. The molecule has 0 saturated carbocycles. The lowest BCUT2D eigenvalue weighted by Crippen LogP contribution is -2.48. The molecule has 1 saturated heterocycles. The number of nitrogens with zero attached hydrogens (tertiary/aromatic N) is 1. The van der Waals surface area contributed by atoms with Crippen LogP contribution < -0.4 is 0 Å². The van der Waals surface area contributed by atoms with Gasteiger partial charge in [0.2, 0.25) is 0 Å². The van der Waals surface area contributed by atoms with Crippen LogP contribution in [0, 0.1) is 0 Å². The molecule has 0 aromatic carbocycles. The van der Waals surface area contributed by atoms with E-state index in [0.29, 0.717) is 19.8 Å². The van der Waals surface area contributed by atoms with Crippen LogP contribution in [0.3, 0.4) is 0 Å². The van der Waals surface area contributed by atoms with E-state index >= 15 is 0 Å². The fourth-order valence-electron chi connectivity index (χ4n) is 1.98. The maximum atomic E-state index is 11.9. The minimum absolute atomic E-state index is 0.119. The van der Waals surface area contributed by atoms with E-state index in [0.717, 1.165) is 12.8 Å². The highest BCUT2D eigenvalue weighted by molar-refractivity contribution is 5.85. The van der Waals surface area contributed by atoms with E-state index in [9.17, 15) is 14.7 Å². The highest BCUT2D eigenvalue weighted by Crippen LogP contribution is 2.19. The van der Waals surface area contributed by atoms with Crippen LogP contribution in [-0.4, -0.2) is 65.3 Å². The molecule has 1 fully saturated rings. The Bertz CT molecular complexity index is 307. The molecule has 0 radical (unpaired) electrons. The summed E-state index contributed by atoms with van der Waals surface area (Å²) < 4.78 is 5.29. The van der Waals surface area contributed by atoms with Gasteiger partial charge >= 0.3 is 0 Å². The summed E-state index contributed by atoms with van der Waals surface area (Å²) in [6.07, 6.45) is 0.00810. The first-order chi connectivity index (χ1) is 8.61. The van der Waals surface area contributed by atoms with E-state index in [1.54, 1.807) is 6.08 Å². The number of amides is 1. The van der Waals surface area contributed by atoms with Gasteiger partial charge in [-0.15, -0.1) is 6.58 Å². The number of aliphatic hydroxyl groups is 2. The van der Waals surface area contributed by atoms with E-state index in [2.05, 4.69) is 6.58 Å². The van der Waals surface area contributed by atoms with Crippen LogP contribution in [0.2, 0.25) is 0 Å². The number of rotatable bonds is 7. The van der Waals surface area contributed by atoms with Gasteiger partial charge in [0, 0.05) is 6.54 Å². The van der Waals surface area contributed by atoms with Crippen molar-refractivity contribution in [2.45, 2.75) is 31.1 Å². The number of likely N-dealkylation sites (tertiary alicyclic amines) is 1. The zero-order chi connectivity index (χ0) is 13.5. The number of aliphatic hydroxyl groups excluding tert-OH is 2. The predicted molar refractivity (Wildman–Crippen MR) is 63.8 cm³/mol. The number of carbonyl (C=O) groups excluding carboxylic acids is 2. The van der Waals surface area contributed by atoms with Gasteiger partial charge < -0.3 is 24.6 Å². The standard InChI is InChI=1S/C12H19NO5/c1-2-6-18-8-9-4-3-5-13(9)12(17)11(16)10(15)7-14/h2,7,9-11,15-16H,1,3-6,8H2/t9-,10+,11-/m1/s1. The summed E-state index contributed by atoms with van der Waals surface area (Å²) >= 11 is 0. The number of ether oxygens (including phenoxy) is 1. The average molecular weight is 257 g/mol. The SMILES string of the molecule is C=CCOC[C@H]1CCCN1C(=O)[C@H](O)[C@@H](O)C=O. The second-order valence-electron chi connectivity index (χ2n) is 4.23.